The van der Waals surface area contributed by atoms with Crippen LogP contribution in [0.15, 0.2) is 11.3 Å². The van der Waals surface area contributed by atoms with E-state index in [1.807, 2.05) is 0 Å². The second-order valence-corrected chi connectivity index (χ2v) is 12.7. The van der Waals surface area contributed by atoms with Crippen molar-refractivity contribution in [2.45, 2.75) is 96.9 Å². The Morgan fingerprint density at radius 2 is 1.75 bits per heavy atom. The third-order valence-electron chi connectivity index (χ3n) is 4.70. The standard InChI is InChI=1S/C18H36OSi/c1-5-6-7-8-12-15-17(20(2,3)4)18(19)16-13-10-9-11-14-16/h15-16,18-19H,5-14H2,1-4H3/b17-15-. The summed E-state index contributed by atoms with van der Waals surface area (Å²) in [5, 5.41) is 12.3. The minimum absolute atomic E-state index is 0.145. The Bertz CT molecular complexity index is 284. The molecule has 118 valence electrons. The summed E-state index contributed by atoms with van der Waals surface area (Å²) in [6.45, 7) is 9.42. The van der Waals surface area contributed by atoms with E-state index in [9.17, 15) is 5.11 Å². The molecule has 0 radical (unpaired) electrons. The highest BCUT2D eigenvalue weighted by atomic mass is 28.3. The number of hydrogen-bond acceptors (Lipinski definition) is 1. The quantitative estimate of drug-likeness (QED) is 0.450. The highest BCUT2D eigenvalue weighted by molar-refractivity contribution is 6.83. The van der Waals surface area contributed by atoms with Gasteiger partial charge in [-0.15, -0.1) is 0 Å². The zero-order chi connectivity index (χ0) is 15.0. The molecular formula is C18H36OSi. The van der Waals surface area contributed by atoms with Crippen molar-refractivity contribution in [3.63, 3.8) is 0 Å². The lowest BCUT2D eigenvalue weighted by Gasteiger charge is -2.33. The van der Waals surface area contributed by atoms with Crippen molar-refractivity contribution in [2.24, 2.45) is 5.92 Å². The molecule has 1 nitrogen and oxygen atoms in total. The number of unbranched alkanes of at least 4 members (excludes halogenated alkanes) is 4. The summed E-state index contributed by atoms with van der Waals surface area (Å²) in [5.74, 6) is 0.539. The minimum Gasteiger partial charge on any atom is -0.389 e. The molecule has 0 spiro atoms. The molecule has 2 heteroatoms. The van der Waals surface area contributed by atoms with Crippen LogP contribution in [0.5, 0.6) is 0 Å². The lowest BCUT2D eigenvalue weighted by molar-refractivity contribution is 0.120. The van der Waals surface area contributed by atoms with Gasteiger partial charge in [0, 0.05) is 0 Å². The molecule has 1 aliphatic rings. The highest BCUT2D eigenvalue weighted by Gasteiger charge is 2.31. The Balaban J connectivity index is 2.60. The molecular weight excluding hydrogens is 260 g/mol. The molecule has 1 unspecified atom stereocenters. The molecule has 1 aliphatic carbocycles. The molecule has 0 aromatic carbocycles. The molecule has 20 heavy (non-hydrogen) atoms. The van der Waals surface area contributed by atoms with Crippen molar-refractivity contribution < 1.29 is 5.11 Å². The summed E-state index contributed by atoms with van der Waals surface area (Å²) in [6.07, 6.45) is 15.2. The van der Waals surface area contributed by atoms with E-state index < -0.39 is 8.07 Å². The van der Waals surface area contributed by atoms with Crippen LogP contribution >= 0.6 is 0 Å². The lowest BCUT2D eigenvalue weighted by Crippen LogP contribution is -2.37. The van der Waals surface area contributed by atoms with Gasteiger partial charge in [0.25, 0.3) is 0 Å². The molecule has 1 rings (SSSR count). The molecule has 1 atom stereocenters. The molecule has 0 saturated heterocycles. The first kappa shape index (κ1) is 18.0. The summed E-state index contributed by atoms with van der Waals surface area (Å²) in [7, 11) is -1.39. The fourth-order valence-electron chi connectivity index (χ4n) is 3.40. The number of allylic oxidation sites excluding steroid dienone is 1. The maximum Gasteiger partial charge on any atom is 0.0754 e. The normalized spacial score (nSPS) is 20.1. The van der Waals surface area contributed by atoms with Crippen molar-refractivity contribution in [2.75, 3.05) is 0 Å². The van der Waals surface area contributed by atoms with E-state index in [4.69, 9.17) is 0 Å². The van der Waals surface area contributed by atoms with Gasteiger partial charge in [-0.05, 0) is 31.6 Å². The fraction of sp³-hybridized carbons (Fsp3) is 0.889. The van der Waals surface area contributed by atoms with Crippen LogP contribution in [0.25, 0.3) is 0 Å². The second-order valence-electron chi connectivity index (χ2n) is 7.60. The van der Waals surface area contributed by atoms with Crippen molar-refractivity contribution in [1.29, 1.82) is 0 Å². The Morgan fingerprint density at radius 3 is 2.30 bits per heavy atom. The Hall–Kier alpha value is -0.0831. The number of hydrogen-bond donors (Lipinski definition) is 1. The average Bonchev–Trinajstić information content (AvgIpc) is 2.42. The van der Waals surface area contributed by atoms with Gasteiger partial charge in [0.2, 0.25) is 0 Å². The van der Waals surface area contributed by atoms with E-state index in [1.54, 1.807) is 0 Å². The molecule has 0 aromatic heterocycles. The monoisotopic (exact) mass is 296 g/mol. The van der Waals surface area contributed by atoms with E-state index >= 15 is 0 Å². The van der Waals surface area contributed by atoms with Gasteiger partial charge < -0.3 is 5.11 Å². The second kappa shape index (κ2) is 9.04. The van der Waals surface area contributed by atoms with Gasteiger partial charge in [-0.1, -0.05) is 76.4 Å². The van der Waals surface area contributed by atoms with E-state index in [-0.39, 0.29) is 6.10 Å². The van der Waals surface area contributed by atoms with Crippen LogP contribution in [-0.2, 0) is 0 Å². The van der Waals surface area contributed by atoms with Gasteiger partial charge in [0.1, 0.15) is 0 Å². The van der Waals surface area contributed by atoms with Crippen LogP contribution in [0.4, 0.5) is 0 Å². The predicted octanol–water partition coefficient (Wildman–Crippen LogP) is 5.70. The van der Waals surface area contributed by atoms with Crippen LogP contribution in [0.3, 0.4) is 0 Å². The zero-order valence-corrected chi connectivity index (χ0v) is 15.3. The van der Waals surface area contributed by atoms with Crippen LogP contribution < -0.4 is 0 Å². The summed E-state index contributed by atoms with van der Waals surface area (Å²) in [6, 6.07) is 0. The van der Waals surface area contributed by atoms with Crippen LogP contribution in [0, 0.1) is 5.92 Å². The van der Waals surface area contributed by atoms with Gasteiger partial charge in [-0.3, -0.25) is 0 Å². The molecule has 1 saturated carbocycles. The summed E-state index contributed by atoms with van der Waals surface area (Å²) >= 11 is 0. The fourth-order valence-corrected chi connectivity index (χ4v) is 5.28. The first-order valence-electron chi connectivity index (χ1n) is 8.85. The molecule has 0 aliphatic heterocycles. The van der Waals surface area contributed by atoms with Gasteiger partial charge in [-0.2, -0.15) is 0 Å². The van der Waals surface area contributed by atoms with Crippen molar-refractivity contribution in [3.05, 3.63) is 11.3 Å². The predicted molar refractivity (Wildman–Crippen MR) is 92.8 cm³/mol. The lowest BCUT2D eigenvalue weighted by atomic mass is 9.85. The average molecular weight is 297 g/mol. The van der Waals surface area contributed by atoms with Gasteiger partial charge in [-0.25, -0.2) is 0 Å². The summed E-state index contributed by atoms with van der Waals surface area (Å²) in [5.41, 5.74) is 0. The largest absolute Gasteiger partial charge is 0.389 e. The molecule has 0 aromatic rings. The molecule has 0 heterocycles. The smallest absolute Gasteiger partial charge is 0.0754 e. The Morgan fingerprint density at radius 1 is 1.10 bits per heavy atom. The van der Waals surface area contributed by atoms with Crippen molar-refractivity contribution in [1.82, 2.24) is 0 Å². The summed E-state index contributed by atoms with van der Waals surface area (Å²) < 4.78 is 0. The first-order chi connectivity index (χ1) is 9.46. The number of rotatable bonds is 8. The van der Waals surface area contributed by atoms with Crippen LogP contribution in [0.2, 0.25) is 19.6 Å². The summed E-state index contributed by atoms with van der Waals surface area (Å²) in [4.78, 5) is 0. The SMILES string of the molecule is CCCCCC/C=C(/C(O)C1CCCCC1)[Si](C)(C)C. The maximum atomic E-state index is 10.8. The van der Waals surface area contributed by atoms with Crippen molar-refractivity contribution in [3.8, 4) is 0 Å². The minimum atomic E-state index is -1.39. The Kier molecular flexibility index (Phi) is 8.12. The van der Waals surface area contributed by atoms with E-state index in [0.29, 0.717) is 5.92 Å². The van der Waals surface area contributed by atoms with Gasteiger partial charge >= 0.3 is 0 Å². The van der Waals surface area contributed by atoms with E-state index in [0.717, 1.165) is 0 Å². The highest BCUT2D eigenvalue weighted by Crippen LogP contribution is 2.33. The van der Waals surface area contributed by atoms with Crippen LogP contribution in [-0.4, -0.2) is 19.3 Å². The van der Waals surface area contributed by atoms with Gasteiger partial charge in [0.15, 0.2) is 0 Å². The molecule has 1 N–H and O–H groups in total. The van der Waals surface area contributed by atoms with Crippen LogP contribution in [0.1, 0.15) is 71.1 Å². The Labute approximate surface area is 127 Å². The van der Waals surface area contributed by atoms with E-state index in [1.165, 1.54) is 69.4 Å². The maximum absolute atomic E-state index is 10.8. The number of aliphatic hydroxyl groups excluding tert-OH is 1. The third kappa shape index (κ3) is 6.13. The van der Waals surface area contributed by atoms with Crippen molar-refractivity contribution >= 4 is 8.07 Å². The first-order valence-corrected chi connectivity index (χ1v) is 12.4. The van der Waals surface area contributed by atoms with Gasteiger partial charge in [0.05, 0.1) is 14.2 Å². The third-order valence-corrected chi connectivity index (χ3v) is 6.93. The number of aliphatic hydroxyl groups is 1. The topological polar surface area (TPSA) is 20.2 Å². The molecule has 0 amide bonds. The molecule has 1 fully saturated rings. The zero-order valence-electron chi connectivity index (χ0n) is 14.3. The molecule has 0 bridgehead atoms. The van der Waals surface area contributed by atoms with E-state index in [2.05, 4.69) is 32.6 Å².